The van der Waals surface area contributed by atoms with Crippen LogP contribution in [0.5, 0.6) is 0 Å². The molecule has 0 aliphatic rings. The van der Waals surface area contributed by atoms with Gasteiger partial charge in [-0.05, 0) is 49.4 Å². The van der Waals surface area contributed by atoms with Gasteiger partial charge in [0, 0.05) is 25.7 Å². The molecule has 0 aromatic rings. The number of rotatable bonds is 84. The van der Waals surface area contributed by atoms with Gasteiger partial charge in [-0.2, -0.15) is 0 Å². The average molecular weight is 1550 g/mol. The summed E-state index contributed by atoms with van der Waals surface area (Å²) in [6.07, 6.45) is 65.3. The van der Waals surface area contributed by atoms with Gasteiger partial charge in [0.05, 0.1) is 26.4 Å². The predicted octanol–water partition coefficient (Wildman–Crippen LogP) is 26.3. The van der Waals surface area contributed by atoms with Gasteiger partial charge in [0.2, 0.25) is 0 Å². The van der Waals surface area contributed by atoms with Crippen molar-refractivity contribution in [2.75, 3.05) is 39.6 Å². The van der Waals surface area contributed by atoms with Crippen molar-refractivity contribution in [3.05, 3.63) is 0 Å². The molecule has 9 atom stereocenters. The molecule has 17 nitrogen and oxygen atoms in total. The first-order valence-electron chi connectivity index (χ1n) is 44.9. The minimum absolute atomic E-state index is 0.105. The Kier molecular flexibility index (Phi) is 74.3. The highest BCUT2D eigenvalue weighted by Gasteiger charge is 2.31. The molecule has 0 saturated heterocycles. The maximum atomic E-state index is 13.1. The standard InChI is InChI=1S/C87H170O17P2/c1-9-77(5)63-55-47-39-33-29-25-21-17-13-15-19-23-27-31-35-42-51-59-67-84(89)97-73-82(104-87(92)70-62-54-44-38-37-41-49-57-65-79(7)11-3)75-101-105(93,94)99-71-81(88)72-100-106(95,96)102-76-83(74-98-85(90)68-60-52-46-45-50-58-66-80(8)12-4)103-86(91)69-61-53-43-36-32-28-24-20-16-14-18-22-26-30-34-40-48-56-64-78(6)10-2/h77-83,88H,9-76H2,1-8H3,(H,93,94)(H,95,96)/t77?,78?,79?,80?,81-,82-,83-/m1/s1. The largest absolute Gasteiger partial charge is 0.472 e. The van der Waals surface area contributed by atoms with Crippen LogP contribution in [0.2, 0.25) is 0 Å². The lowest BCUT2D eigenvalue weighted by atomic mass is 9.99. The van der Waals surface area contributed by atoms with E-state index in [9.17, 15) is 43.2 Å². The molecule has 0 amide bonds. The first-order chi connectivity index (χ1) is 51.2. The lowest BCUT2D eigenvalue weighted by Gasteiger charge is -2.21. The van der Waals surface area contributed by atoms with Gasteiger partial charge in [0.25, 0.3) is 0 Å². The first-order valence-corrected chi connectivity index (χ1v) is 47.8. The maximum Gasteiger partial charge on any atom is 0.472 e. The van der Waals surface area contributed by atoms with Crippen molar-refractivity contribution in [2.45, 2.75) is 472 Å². The fraction of sp³-hybridized carbons (Fsp3) is 0.954. The quantitative estimate of drug-likeness (QED) is 0.0222. The smallest absolute Gasteiger partial charge is 0.462 e. The van der Waals surface area contributed by atoms with Crippen LogP contribution in [0.25, 0.3) is 0 Å². The third-order valence-corrected chi connectivity index (χ3v) is 23.7. The van der Waals surface area contributed by atoms with Crippen molar-refractivity contribution in [2.24, 2.45) is 23.7 Å². The second-order valence-corrected chi connectivity index (χ2v) is 35.2. The summed E-state index contributed by atoms with van der Waals surface area (Å²) < 4.78 is 68.8. The van der Waals surface area contributed by atoms with Crippen molar-refractivity contribution < 1.29 is 80.2 Å². The predicted molar refractivity (Wildman–Crippen MR) is 437 cm³/mol. The molecular weight excluding hydrogens is 1380 g/mol. The van der Waals surface area contributed by atoms with Crippen LogP contribution in [0.15, 0.2) is 0 Å². The number of hydrogen-bond acceptors (Lipinski definition) is 15. The van der Waals surface area contributed by atoms with Crippen molar-refractivity contribution in [1.29, 1.82) is 0 Å². The van der Waals surface area contributed by atoms with Crippen molar-refractivity contribution in [1.82, 2.24) is 0 Å². The van der Waals surface area contributed by atoms with E-state index in [-0.39, 0.29) is 25.7 Å². The van der Waals surface area contributed by atoms with E-state index in [1.807, 2.05) is 0 Å². The molecule has 0 saturated carbocycles. The molecule has 3 N–H and O–H groups in total. The number of carbonyl (C=O) groups is 4. The summed E-state index contributed by atoms with van der Waals surface area (Å²) in [6, 6.07) is 0. The van der Waals surface area contributed by atoms with Crippen LogP contribution in [0, 0.1) is 23.7 Å². The van der Waals surface area contributed by atoms with Gasteiger partial charge in [0.15, 0.2) is 12.2 Å². The van der Waals surface area contributed by atoms with E-state index in [0.717, 1.165) is 120 Å². The van der Waals surface area contributed by atoms with E-state index in [4.69, 9.17) is 37.0 Å². The Morgan fingerprint density at radius 1 is 0.255 bits per heavy atom. The third kappa shape index (κ3) is 74.8. The van der Waals surface area contributed by atoms with Gasteiger partial charge in [-0.1, -0.05) is 402 Å². The summed E-state index contributed by atoms with van der Waals surface area (Å²) in [5, 5.41) is 10.7. The van der Waals surface area contributed by atoms with Crippen LogP contribution >= 0.6 is 15.6 Å². The number of ether oxygens (including phenoxy) is 4. The van der Waals surface area contributed by atoms with Crippen LogP contribution in [0.4, 0.5) is 0 Å². The van der Waals surface area contributed by atoms with Crippen LogP contribution in [-0.4, -0.2) is 96.7 Å². The molecule has 0 aromatic heterocycles. The van der Waals surface area contributed by atoms with E-state index < -0.39 is 97.5 Å². The summed E-state index contributed by atoms with van der Waals surface area (Å²) in [5.74, 6) is 1.13. The average Bonchev–Trinajstić information content (AvgIpc) is 0.901. The Bertz CT molecular complexity index is 2070. The molecule has 19 heteroatoms. The SMILES string of the molecule is CCC(C)CCCCCCCCCCCCCCCCCCCCC(=O)OC[C@H](COP(=O)(O)OC[C@@H](O)COP(=O)(O)OC[C@@H](COC(=O)CCCCCCCCC(C)CC)OC(=O)CCCCCCCCCCCCCCCCCCCCC(C)CC)OC(=O)CCCCCCCCCCC(C)CC. The van der Waals surface area contributed by atoms with Crippen LogP contribution in [-0.2, 0) is 65.4 Å². The minimum Gasteiger partial charge on any atom is -0.462 e. The lowest BCUT2D eigenvalue weighted by molar-refractivity contribution is -0.161. The molecule has 0 bridgehead atoms. The molecule has 0 aromatic carbocycles. The highest BCUT2D eigenvalue weighted by atomic mass is 31.2. The number of carbonyl (C=O) groups excluding carboxylic acids is 4. The molecule has 106 heavy (non-hydrogen) atoms. The number of unbranched alkanes of at least 4 members (excludes halogenated alkanes) is 46. The van der Waals surface area contributed by atoms with Crippen LogP contribution < -0.4 is 0 Å². The zero-order chi connectivity index (χ0) is 78.1. The maximum absolute atomic E-state index is 13.1. The molecular formula is C87H170O17P2. The molecule has 0 spiro atoms. The van der Waals surface area contributed by atoms with E-state index >= 15 is 0 Å². The van der Waals surface area contributed by atoms with Gasteiger partial charge in [0.1, 0.15) is 19.3 Å². The van der Waals surface area contributed by atoms with E-state index in [2.05, 4.69) is 55.4 Å². The fourth-order valence-electron chi connectivity index (χ4n) is 13.4. The summed E-state index contributed by atoms with van der Waals surface area (Å²) in [4.78, 5) is 73.2. The monoisotopic (exact) mass is 1550 g/mol. The number of aliphatic hydroxyl groups excluding tert-OH is 1. The van der Waals surface area contributed by atoms with Crippen LogP contribution in [0.1, 0.15) is 453 Å². The van der Waals surface area contributed by atoms with Gasteiger partial charge >= 0.3 is 39.5 Å². The Labute approximate surface area is 651 Å². The van der Waals surface area contributed by atoms with Gasteiger partial charge in [-0.15, -0.1) is 0 Å². The molecule has 0 aliphatic heterocycles. The first kappa shape index (κ1) is 104. The molecule has 0 heterocycles. The summed E-state index contributed by atoms with van der Waals surface area (Å²) >= 11 is 0. The second kappa shape index (κ2) is 75.7. The third-order valence-electron chi connectivity index (χ3n) is 21.8. The Balaban J connectivity index is 5.14. The molecule has 6 unspecified atom stereocenters. The molecule has 0 fully saturated rings. The van der Waals surface area contributed by atoms with Crippen molar-refractivity contribution in [3.8, 4) is 0 Å². The van der Waals surface area contributed by atoms with Crippen molar-refractivity contribution >= 4 is 39.5 Å². The summed E-state index contributed by atoms with van der Waals surface area (Å²) in [6.45, 7) is 14.4. The van der Waals surface area contributed by atoms with Gasteiger partial charge in [-0.3, -0.25) is 37.3 Å². The minimum atomic E-state index is -4.96. The fourth-order valence-corrected chi connectivity index (χ4v) is 14.9. The topological polar surface area (TPSA) is 237 Å². The zero-order valence-electron chi connectivity index (χ0n) is 70.1. The van der Waals surface area contributed by atoms with E-state index in [1.54, 1.807) is 0 Å². The lowest BCUT2D eigenvalue weighted by Crippen LogP contribution is -2.30. The Morgan fingerprint density at radius 2 is 0.425 bits per heavy atom. The van der Waals surface area contributed by atoms with Crippen molar-refractivity contribution in [3.63, 3.8) is 0 Å². The molecule has 630 valence electrons. The summed E-state index contributed by atoms with van der Waals surface area (Å²) in [5.41, 5.74) is 0. The number of phosphoric ester groups is 2. The molecule has 0 rings (SSSR count). The second-order valence-electron chi connectivity index (χ2n) is 32.2. The van der Waals surface area contributed by atoms with Gasteiger partial charge in [-0.25, -0.2) is 9.13 Å². The highest BCUT2D eigenvalue weighted by Crippen LogP contribution is 2.45. The van der Waals surface area contributed by atoms with E-state index in [1.165, 1.54) is 250 Å². The van der Waals surface area contributed by atoms with Gasteiger partial charge < -0.3 is 33.8 Å². The van der Waals surface area contributed by atoms with E-state index in [0.29, 0.717) is 25.7 Å². The summed E-state index contributed by atoms with van der Waals surface area (Å²) in [7, 11) is -9.93. The number of aliphatic hydroxyl groups is 1. The number of hydrogen-bond donors (Lipinski definition) is 3. The zero-order valence-corrected chi connectivity index (χ0v) is 71.9. The molecule has 0 aliphatic carbocycles. The van der Waals surface area contributed by atoms with Crippen LogP contribution in [0.3, 0.4) is 0 Å². The number of esters is 4. The Morgan fingerprint density at radius 3 is 0.623 bits per heavy atom. The Hall–Kier alpha value is -1.94. The highest BCUT2D eigenvalue weighted by molar-refractivity contribution is 7.47. The number of phosphoric acid groups is 2. The molecule has 0 radical (unpaired) electrons. The normalized spacial score (nSPS) is 14.9.